The maximum atomic E-state index is 5.53. The van der Waals surface area contributed by atoms with Crippen molar-refractivity contribution < 1.29 is 4.74 Å². The van der Waals surface area contributed by atoms with E-state index in [1.54, 1.807) is 11.3 Å². The van der Waals surface area contributed by atoms with Crippen LogP contribution < -0.4 is 10.6 Å². The van der Waals surface area contributed by atoms with Gasteiger partial charge in [-0.15, -0.1) is 11.3 Å². The summed E-state index contributed by atoms with van der Waals surface area (Å²) in [4.78, 5) is 12.2. The summed E-state index contributed by atoms with van der Waals surface area (Å²) in [5.74, 6) is 0.977. The Bertz CT molecular complexity index is 803. The summed E-state index contributed by atoms with van der Waals surface area (Å²) < 4.78 is 5.53. The van der Waals surface area contributed by atoms with Gasteiger partial charge in [0.15, 0.2) is 5.84 Å². The van der Waals surface area contributed by atoms with E-state index in [0.717, 1.165) is 72.2 Å². The molecule has 1 fully saturated rings. The Kier molecular flexibility index (Phi) is 5.19. The molecule has 2 N–H and O–H groups in total. The van der Waals surface area contributed by atoms with Crippen LogP contribution in [0.15, 0.2) is 29.3 Å². The molecule has 0 amide bonds. The summed E-state index contributed by atoms with van der Waals surface area (Å²) in [6, 6.07) is 8.60. The highest BCUT2D eigenvalue weighted by Crippen LogP contribution is 2.37. The van der Waals surface area contributed by atoms with Gasteiger partial charge in [0.05, 0.1) is 16.4 Å². The van der Waals surface area contributed by atoms with Crippen LogP contribution in [0, 0.1) is 6.92 Å². The van der Waals surface area contributed by atoms with Crippen molar-refractivity contribution in [1.29, 1.82) is 0 Å². The van der Waals surface area contributed by atoms with Crippen molar-refractivity contribution in [3.05, 3.63) is 35.0 Å². The third-order valence-corrected chi connectivity index (χ3v) is 5.58. The standard InChI is InChI=1S/C19H25N5OS/c1-3-25-11-8-14-12-24(10-9-20-14)18-17-19(26-13(2)21-17)23-16-7-5-4-6-15(16)22-18/h4-7,14,20,23H,3,8-12H2,1-2H3/t14-/m0/s1. The average Bonchev–Trinajstić information content (AvgIpc) is 2.94. The molecule has 0 spiro atoms. The highest BCUT2D eigenvalue weighted by molar-refractivity contribution is 7.16. The first kappa shape index (κ1) is 17.5. The van der Waals surface area contributed by atoms with Crippen molar-refractivity contribution in [2.24, 2.45) is 4.99 Å². The summed E-state index contributed by atoms with van der Waals surface area (Å²) in [6.45, 7) is 8.45. The summed E-state index contributed by atoms with van der Waals surface area (Å²) >= 11 is 1.69. The van der Waals surface area contributed by atoms with Gasteiger partial charge in [0.1, 0.15) is 10.7 Å². The number of hydrogen-bond donors (Lipinski definition) is 2. The molecule has 0 unspecified atom stereocenters. The number of nitrogens with zero attached hydrogens (tertiary/aromatic N) is 3. The molecule has 2 aromatic rings. The van der Waals surface area contributed by atoms with E-state index >= 15 is 0 Å². The van der Waals surface area contributed by atoms with Crippen molar-refractivity contribution in [2.45, 2.75) is 26.3 Å². The van der Waals surface area contributed by atoms with Gasteiger partial charge in [-0.1, -0.05) is 12.1 Å². The Morgan fingerprint density at radius 3 is 3.12 bits per heavy atom. The molecule has 138 valence electrons. The number of fused-ring (bicyclic) bond motifs is 2. The number of ether oxygens (including phenoxy) is 1. The third kappa shape index (κ3) is 3.60. The first-order valence-corrected chi connectivity index (χ1v) is 10.0. The molecule has 3 heterocycles. The van der Waals surface area contributed by atoms with E-state index in [4.69, 9.17) is 14.7 Å². The molecule has 1 aromatic heterocycles. The van der Waals surface area contributed by atoms with Crippen LogP contribution in [0.4, 0.5) is 16.4 Å². The lowest BCUT2D eigenvalue weighted by molar-refractivity contribution is 0.128. The van der Waals surface area contributed by atoms with E-state index in [1.165, 1.54) is 0 Å². The fraction of sp³-hybridized carbons (Fsp3) is 0.474. The van der Waals surface area contributed by atoms with Gasteiger partial charge in [-0.25, -0.2) is 9.98 Å². The van der Waals surface area contributed by atoms with Crippen LogP contribution in [0.3, 0.4) is 0 Å². The molecule has 0 bridgehead atoms. The Balaban J connectivity index is 1.64. The van der Waals surface area contributed by atoms with Crippen LogP contribution in [0.1, 0.15) is 24.0 Å². The second-order valence-corrected chi connectivity index (χ2v) is 7.77. The minimum Gasteiger partial charge on any atom is -0.382 e. The smallest absolute Gasteiger partial charge is 0.158 e. The molecule has 2 aliphatic heterocycles. The van der Waals surface area contributed by atoms with Crippen LogP contribution in [0.5, 0.6) is 0 Å². The Morgan fingerprint density at radius 1 is 1.35 bits per heavy atom. The SMILES string of the molecule is CCOCC[C@H]1CN(C2=Nc3ccccc3Nc3sc(C)nc32)CCN1. The largest absolute Gasteiger partial charge is 0.382 e. The normalized spacial score (nSPS) is 19.2. The zero-order valence-electron chi connectivity index (χ0n) is 15.3. The van der Waals surface area contributed by atoms with Gasteiger partial charge in [-0.05, 0) is 32.4 Å². The van der Waals surface area contributed by atoms with Gasteiger partial charge >= 0.3 is 0 Å². The monoisotopic (exact) mass is 371 g/mol. The topological polar surface area (TPSA) is 61.8 Å². The number of rotatable bonds is 4. The Morgan fingerprint density at radius 2 is 2.23 bits per heavy atom. The number of piperazine rings is 1. The minimum absolute atomic E-state index is 0.410. The van der Waals surface area contributed by atoms with E-state index in [2.05, 4.69) is 27.7 Å². The van der Waals surface area contributed by atoms with Crippen molar-refractivity contribution >= 4 is 33.5 Å². The van der Waals surface area contributed by atoms with E-state index in [0.29, 0.717) is 6.04 Å². The number of thiazole rings is 1. The van der Waals surface area contributed by atoms with Crippen LogP contribution >= 0.6 is 11.3 Å². The lowest BCUT2D eigenvalue weighted by Crippen LogP contribution is -2.53. The van der Waals surface area contributed by atoms with Gasteiger partial charge in [0, 0.05) is 38.9 Å². The Labute approximate surface area is 158 Å². The van der Waals surface area contributed by atoms with Gasteiger partial charge in [0.2, 0.25) is 0 Å². The molecule has 0 aliphatic carbocycles. The molecule has 1 saturated heterocycles. The molecular formula is C19H25N5OS. The number of amidine groups is 1. The van der Waals surface area contributed by atoms with Crippen molar-refractivity contribution in [1.82, 2.24) is 15.2 Å². The lowest BCUT2D eigenvalue weighted by Gasteiger charge is -2.35. The molecule has 7 heteroatoms. The number of hydrogen-bond acceptors (Lipinski definition) is 7. The first-order valence-electron chi connectivity index (χ1n) is 9.23. The molecule has 0 radical (unpaired) electrons. The van der Waals surface area contributed by atoms with Crippen molar-refractivity contribution in [3.8, 4) is 0 Å². The van der Waals surface area contributed by atoms with Gasteiger partial charge in [-0.2, -0.15) is 0 Å². The number of aliphatic imine (C=N–C) groups is 1. The fourth-order valence-corrected chi connectivity index (χ4v) is 4.26. The molecule has 26 heavy (non-hydrogen) atoms. The summed E-state index contributed by atoms with van der Waals surface area (Å²) in [5, 5.41) is 9.26. The van der Waals surface area contributed by atoms with Crippen LogP contribution in [-0.2, 0) is 4.74 Å². The quantitative estimate of drug-likeness (QED) is 0.808. The highest BCUT2D eigenvalue weighted by Gasteiger charge is 2.28. The number of aryl methyl sites for hydroxylation is 1. The molecule has 6 nitrogen and oxygen atoms in total. The van der Waals surface area contributed by atoms with Crippen LogP contribution in [0.2, 0.25) is 0 Å². The van der Waals surface area contributed by atoms with E-state index in [1.807, 2.05) is 26.0 Å². The maximum Gasteiger partial charge on any atom is 0.158 e. The fourth-order valence-electron chi connectivity index (χ4n) is 3.43. The molecule has 1 aromatic carbocycles. The predicted octanol–water partition coefficient (Wildman–Crippen LogP) is 3.29. The maximum absolute atomic E-state index is 5.53. The van der Waals surface area contributed by atoms with E-state index in [-0.39, 0.29) is 0 Å². The number of benzene rings is 1. The van der Waals surface area contributed by atoms with Crippen LogP contribution in [-0.4, -0.2) is 54.6 Å². The van der Waals surface area contributed by atoms with Crippen molar-refractivity contribution in [2.75, 3.05) is 38.2 Å². The summed E-state index contributed by atoms with van der Waals surface area (Å²) in [7, 11) is 0. The number of nitrogens with one attached hydrogen (secondary N) is 2. The third-order valence-electron chi connectivity index (χ3n) is 4.69. The number of aromatic nitrogens is 1. The van der Waals surface area contributed by atoms with Crippen molar-refractivity contribution in [3.63, 3.8) is 0 Å². The molecular weight excluding hydrogens is 346 g/mol. The Hall–Kier alpha value is -1.96. The zero-order valence-corrected chi connectivity index (χ0v) is 16.1. The second kappa shape index (κ2) is 7.73. The number of anilines is 2. The highest BCUT2D eigenvalue weighted by atomic mass is 32.1. The zero-order chi connectivity index (χ0) is 17.9. The van der Waals surface area contributed by atoms with Gasteiger partial charge in [-0.3, -0.25) is 0 Å². The van der Waals surface area contributed by atoms with Crippen LogP contribution in [0.25, 0.3) is 0 Å². The second-order valence-electron chi connectivity index (χ2n) is 6.57. The average molecular weight is 372 g/mol. The molecule has 0 saturated carbocycles. The first-order chi connectivity index (χ1) is 12.7. The molecule has 4 rings (SSSR count). The molecule has 2 aliphatic rings. The van der Waals surface area contributed by atoms with E-state index < -0.39 is 0 Å². The number of para-hydroxylation sites is 2. The lowest BCUT2D eigenvalue weighted by atomic mass is 10.1. The van der Waals surface area contributed by atoms with E-state index in [9.17, 15) is 0 Å². The summed E-state index contributed by atoms with van der Waals surface area (Å²) in [5.41, 5.74) is 2.97. The minimum atomic E-state index is 0.410. The molecule has 1 atom stereocenters. The van der Waals surface area contributed by atoms with Gasteiger partial charge in [0.25, 0.3) is 0 Å². The summed E-state index contributed by atoms with van der Waals surface area (Å²) in [6.07, 6.45) is 1.01. The predicted molar refractivity (Wildman–Crippen MR) is 107 cm³/mol. The van der Waals surface area contributed by atoms with Gasteiger partial charge < -0.3 is 20.3 Å².